The summed E-state index contributed by atoms with van der Waals surface area (Å²) in [5.74, 6) is -3.90. The third-order valence-electron chi connectivity index (χ3n) is 16.9. The van der Waals surface area contributed by atoms with Crippen molar-refractivity contribution in [1.82, 2.24) is 5.32 Å². The lowest BCUT2D eigenvalue weighted by Crippen LogP contribution is -2.67. The number of hydrogen-bond donors (Lipinski definition) is 1. The smallest absolute Gasteiger partial charge is 0.307 e. The second kappa shape index (κ2) is 21.4. The zero-order valence-corrected chi connectivity index (χ0v) is 42.3. The van der Waals surface area contributed by atoms with E-state index in [0.717, 1.165) is 32.1 Å². The molecule has 15 atom stereocenters. The molecule has 17 nitrogen and oxygen atoms in total. The van der Waals surface area contributed by atoms with Crippen molar-refractivity contribution in [3.05, 3.63) is 0 Å². The summed E-state index contributed by atoms with van der Waals surface area (Å²) in [5.41, 5.74) is -2.12. The molecule has 1 N–H and O–H groups in total. The molecule has 4 aliphatic carbocycles. The topological polar surface area (TPSA) is 215 Å². The van der Waals surface area contributed by atoms with Crippen LogP contribution in [-0.2, 0) is 76.2 Å². The maximum atomic E-state index is 13.3. The summed E-state index contributed by atoms with van der Waals surface area (Å²) in [6.07, 6.45) is -0.836. The Hall–Kier alpha value is -3.83. The highest BCUT2D eigenvalue weighted by Crippen LogP contribution is 2.76. The molecule has 1 heterocycles. The maximum absolute atomic E-state index is 13.3. The molecule has 0 aromatic heterocycles. The van der Waals surface area contributed by atoms with Crippen molar-refractivity contribution < 1.29 is 76.2 Å². The van der Waals surface area contributed by atoms with Gasteiger partial charge in [0.1, 0.15) is 24.9 Å². The number of esters is 7. The molecule has 67 heavy (non-hydrogen) atoms. The Morgan fingerprint density at radius 1 is 0.657 bits per heavy atom. The lowest BCUT2D eigenvalue weighted by atomic mass is 9.35. The van der Waals surface area contributed by atoms with Crippen LogP contribution in [0.3, 0.4) is 0 Å². The van der Waals surface area contributed by atoms with Gasteiger partial charge in [0.15, 0.2) is 24.6 Å². The predicted octanol–water partition coefficient (Wildman–Crippen LogP) is 6.33. The molecular formula is C50H79NO16. The summed E-state index contributed by atoms with van der Waals surface area (Å²) >= 11 is 0. The number of fused-ring (bicyclic) bond motifs is 5. The van der Waals surface area contributed by atoms with Crippen molar-refractivity contribution in [1.29, 1.82) is 0 Å². The first-order valence-electron chi connectivity index (χ1n) is 24.4. The van der Waals surface area contributed by atoms with Crippen LogP contribution in [0.15, 0.2) is 0 Å². The summed E-state index contributed by atoms with van der Waals surface area (Å²) < 4.78 is 54.2. The molecule has 1 aliphatic heterocycles. The molecule has 0 spiro atoms. The molecule has 5 aliphatic rings. The minimum Gasteiger partial charge on any atom is -0.466 e. The molecule has 0 bridgehead atoms. The van der Waals surface area contributed by atoms with Gasteiger partial charge in [0.05, 0.1) is 18.6 Å². The van der Waals surface area contributed by atoms with E-state index in [1.807, 2.05) is 6.92 Å². The average Bonchev–Trinajstić information content (AvgIpc) is 3.59. The number of hydrogen-bond acceptors (Lipinski definition) is 17. The van der Waals surface area contributed by atoms with Gasteiger partial charge in [-0.15, -0.1) is 0 Å². The van der Waals surface area contributed by atoms with E-state index in [-0.39, 0.29) is 82.4 Å². The number of carbonyl (C=O) groups is 7. The van der Waals surface area contributed by atoms with Crippen LogP contribution in [0.2, 0.25) is 0 Å². The van der Waals surface area contributed by atoms with Gasteiger partial charge in [-0.1, -0.05) is 34.6 Å². The first-order valence-corrected chi connectivity index (χ1v) is 24.4. The Morgan fingerprint density at radius 3 is 1.85 bits per heavy atom. The van der Waals surface area contributed by atoms with Crippen LogP contribution >= 0.6 is 0 Å². The van der Waals surface area contributed by atoms with Crippen molar-refractivity contribution in [2.75, 3.05) is 26.3 Å². The minimum absolute atomic E-state index is 0.152. The lowest BCUT2D eigenvalue weighted by molar-refractivity contribution is -0.339. The molecule has 380 valence electrons. The molecule has 0 amide bonds. The number of nitrogens with one attached hydrogen (secondary N) is 1. The fourth-order valence-electron chi connectivity index (χ4n) is 14.1. The minimum atomic E-state index is -1.44. The molecule has 0 aromatic carbocycles. The van der Waals surface area contributed by atoms with Crippen LogP contribution in [0, 0.1) is 45.3 Å². The van der Waals surface area contributed by atoms with Crippen LogP contribution in [0.25, 0.3) is 0 Å². The van der Waals surface area contributed by atoms with Crippen molar-refractivity contribution in [3.8, 4) is 0 Å². The second-order valence-corrected chi connectivity index (χ2v) is 21.4. The third-order valence-corrected chi connectivity index (χ3v) is 16.9. The predicted molar refractivity (Wildman–Crippen MR) is 240 cm³/mol. The Morgan fingerprint density at radius 2 is 1.25 bits per heavy atom. The monoisotopic (exact) mass is 950 g/mol. The maximum Gasteiger partial charge on any atom is 0.307 e. The fourth-order valence-corrected chi connectivity index (χ4v) is 14.1. The standard InChI is InChI=1S/C50H79NO16/c1-14-59-40(58)19-25-51-24-15-20-50(13,67-45-44(65-33(7)57)43(64-32(6)56)42(63-31(5)55)36(66-45)27-60-28(2)52)34-16-22-49(12)41(34)35(61-29(3)53)26-38-47(10)21-18-39(62-30(4)54)46(8,9)37(47)17-23-48(38,49)11/h34-39,41-45,51H,14-27H2,1-13H3/t34?,35?,36-,37?,38?,39+,41+,42-,43+,44-,45-,47+,48-,49-,50+/m1/s1. The molecule has 5 rings (SSSR count). The highest BCUT2D eigenvalue weighted by atomic mass is 16.7. The van der Waals surface area contributed by atoms with Crippen molar-refractivity contribution in [2.24, 2.45) is 45.3 Å². The molecule has 4 unspecified atom stereocenters. The van der Waals surface area contributed by atoms with Crippen LogP contribution in [0.5, 0.6) is 0 Å². The third kappa shape index (κ3) is 11.5. The molecule has 0 aromatic rings. The van der Waals surface area contributed by atoms with E-state index in [4.69, 9.17) is 42.6 Å². The van der Waals surface area contributed by atoms with Gasteiger partial charge in [-0.3, -0.25) is 33.6 Å². The van der Waals surface area contributed by atoms with Gasteiger partial charge < -0.3 is 47.9 Å². The van der Waals surface area contributed by atoms with E-state index < -0.39 is 72.9 Å². The Kier molecular flexibility index (Phi) is 17.3. The first kappa shape index (κ1) is 54.1. The van der Waals surface area contributed by atoms with Crippen molar-refractivity contribution >= 4 is 41.8 Å². The number of carbonyl (C=O) groups excluding carboxylic acids is 7. The second-order valence-electron chi connectivity index (χ2n) is 21.4. The highest BCUT2D eigenvalue weighted by molar-refractivity contribution is 5.70. The average molecular weight is 950 g/mol. The van der Waals surface area contributed by atoms with Crippen LogP contribution in [0.1, 0.15) is 154 Å². The van der Waals surface area contributed by atoms with Gasteiger partial charge in [-0.25, -0.2) is 0 Å². The zero-order valence-electron chi connectivity index (χ0n) is 42.3. The van der Waals surface area contributed by atoms with Crippen molar-refractivity contribution in [3.63, 3.8) is 0 Å². The Balaban J connectivity index is 1.59. The lowest BCUT2D eigenvalue weighted by Gasteiger charge is -2.70. The van der Waals surface area contributed by atoms with Gasteiger partial charge in [-0.2, -0.15) is 0 Å². The van der Waals surface area contributed by atoms with Gasteiger partial charge in [0.25, 0.3) is 0 Å². The SMILES string of the molecule is CCOC(=O)CCNCCC[C@](C)(O[C@H]1O[C@H](COC(C)=O)[C@@H](OC(C)=O)[C@H](OC(C)=O)[C@H]1OC(C)=O)C1CC[C@]2(C)[C@@H]1C(OC(C)=O)CC1[C@@]3(C)CC[C@H](OC(C)=O)C(C)(C)C3CC[C@]12C. The quantitative estimate of drug-likeness (QED) is 0.0903. The Labute approximate surface area is 396 Å². The summed E-state index contributed by atoms with van der Waals surface area (Å²) in [7, 11) is 0. The highest BCUT2D eigenvalue weighted by Gasteiger charge is 2.73. The molecule has 0 radical (unpaired) electrons. The van der Waals surface area contributed by atoms with E-state index in [1.165, 1.54) is 41.5 Å². The summed E-state index contributed by atoms with van der Waals surface area (Å²) in [6, 6.07) is 0. The van der Waals surface area contributed by atoms with E-state index in [9.17, 15) is 33.6 Å². The first-order chi connectivity index (χ1) is 31.2. The van der Waals surface area contributed by atoms with E-state index in [1.54, 1.807) is 6.92 Å². The molecular weight excluding hydrogens is 871 g/mol. The number of rotatable bonds is 18. The molecule has 5 fully saturated rings. The normalized spacial score (nSPS) is 37.2. The summed E-state index contributed by atoms with van der Waals surface area (Å²) in [5, 5.41) is 3.35. The summed E-state index contributed by atoms with van der Waals surface area (Å²) in [4.78, 5) is 88.1. The van der Waals surface area contributed by atoms with E-state index in [2.05, 4.69) is 39.9 Å². The molecule has 4 saturated carbocycles. The zero-order chi connectivity index (χ0) is 49.9. The van der Waals surface area contributed by atoms with Crippen LogP contribution in [0.4, 0.5) is 0 Å². The Bertz CT molecular complexity index is 1840. The van der Waals surface area contributed by atoms with E-state index in [0.29, 0.717) is 38.8 Å². The summed E-state index contributed by atoms with van der Waals surface area (Å²) in [6.45, 7) is 23.8. The van der Waals surface area contributed by atoms with Crippen LogP contribution in [-0.4, -0.2) is 117 Å². The van der Waals surface area contributed by atoms with Gasteiger partial charge in [0.2, 0.25) is 0 Å². The molecule has 1 saturated heterocycles. The van der Waals surface area contributed by atoms with E-state index >= 15 is 0 Å². The van der Waals surface area contributed by atoms with Crippen LogP contribution < -0.4 is 5.32 Å². The largest absolute Gasteiger partial charge is 0.466 e. The fraction of sp³-hybridized carbons (Fsp3) is 0.860. The van der Waals surface area contributed by atoms with Gasteiger partial charge in [-0.05, 0) is 112 Å². The number of ether oxygens (including phenoxy) is 9. The molecule has 17 heteroatoms. The van der Waals surface area contributed by atoms with Gasteiger partial charge >= 0.3 is 41.8 Å². The van der Waals surface area contributed by atoms with Gasteiger partial charge in [0, 0.05) is 59.4 Å². The van der Waals surface area contributed by atoms with Crippen molar-refractivity contribution in [2.45, 2.75) is 203 Å².